The Morgan fingerprint density at radius 2 is 1.88 bits per heavy atom. The van der Waals surface area contributed by atoms with Gasteiger partial charge in [-0.05, 0) is 29.9 Å². The van der Waals surface area contributed by atoms with Gasteiger partial charge in [0.2, 0.25) is 0 Å². The van der Waals surface area contributed by atoms with Crippen molar-refractivity contribution in [2.45, 2.75) is 38.1 Å². The number of carbonyl (C=O) groups is 1. The molecule has 1 aromatic rings. The summed E-state index contributed by atoms with van der Waals surface area (Å²) in [5, 5.41) is 9.39. The first-order valence-electron chi connectivity index (χ1n) is 6.24. The molecule has 1 aliphatic rings. The third-order valence-electron chi connectivity index (χ3n) is 3.71. The van der Waals surface area contributed by atoms with Gasteiger partial charge in [-0.3, -0.25) is 4.79 Å². The summed E-state index contributed by atoms with van der Waals surface area (Å²) in [5.74, 6) is -0.738. The molecule has 92 valence electrons. The van der Waals surface area contributed by atoms with Gasteiger partial charge in [0.25, 0.3) is 0 Å². The summed E-state index contributed by atoms with van der Waals surface area (Å²) in [5.41, 5.74) is 7.51. The van der Waals surface area contributed by atoms with E-state index >= 15 is 0 Å². The van der Waals surface area contributed by atoms with Gasteiger partial charge in [-0.2, -0.15) is 0 Å². The van der Waals surface area contributed by atoms with Crippen LogP contribution in [0, 0.1) is 5.92 Å². The minimum Gasteiger partial charge on any atom is -0.481 e. The Hall–Kier alpha value is -1.35. The van der Waals surface area contributed by atoms with Gasteiger partial charge in [-0.1, -0.05) is 37.1 Å². The van der Waals surface area contributed by atoms with Crippen LogP contribution in [0.3, 0.4) is 0 Å². The molecule has 0 aliphatic heterocycles. The van der Waals surface area contributed by atoms with E-state index in [1.807, 2.05) is 24.3 Å². The highest BCUT2D eigenvalue weighted by atomic mass is 16.4. The van der Waals surface area contributed by atoms with Crippen molar-refractivity contribution < 1.29 is 9.90 Å². The van der Waals surface area contributed by atoms with E-state index < -0.39 is 5.97 Å². The SMILES string of the molecule is NCc1ccc(C(C(=O)O)C2CCCC2)cc1. The van der Waals surface area contributed by atoms with Crippen molar-refractivity contribution in [1.82, 2.24) is 0 Å². The predicted molar refractivity (Wildman–Crippen MR) is 66.7 cm³/mol. The zero-order valence-electron chi connectivity index (χ0n) is 9.93. The average Bonchev–Trinajstić information content (AvgIpc) is 2.83. The fourth-order valence-corrected chi connectivity index (χ4v) is 2.77. The third kappa shape index (κ3) is 2.67. The van der Waals surface area contributed by atoms with Gasteiger partial charge in [-0.15, -0.1) is 0 Å². The smallest absolute Gasteiger partial charge is 0.311 e. The van der Waals surface area contributed by atoms with Crippen LogP contribution in [0.4, 0.5) is 0 Å². The lowest BCUT2D eigenvalue weighted by Gasteiger charge is -2.19. The van der Waals surface area contributed by atoms with Crippen LogP contribution in [-0.4, -0.2) is 11.1 Å². The molecule has 0 amide bonds. The zero-order chi connectivity index (χ0) is 12.3. The number of rotatable bonds is 4. The zero-order valence-corrected chi connectivity index (χ0v) is 9.93. The number of hydrogen-bond donors (Lipinski definition) is 2. The van der Waals surface area contributed by atoms with Crippen LogP contribution in [0.2, 0.25) is 0 Å². The van der Waals surface area contributed by atoms with E-state index in [9.17, 15) is 9.90 Å². The number of aliphatic carboxylic acids is 1. The topological polar surface area (TPSA) is 63.3 Å². The molecule has 0 saturated heterocycles. The highest BCUT2D eigenvalue weighted by Crippen LogP contribution is 2.37. The molecule has 1 unspecified atom stereocenters. The van der Waals surface area contributed by atoms with Crippen molar-refractivity contribution in [3.8, 4) is 0 Å². The van der Waals surface area contributed by atoms with Crippen molar-refractivity contribution in [2.24, 2.45) is 11.7 Å². The summed E-state index contributed by atoms with van der Waals surface area (Å²) in [7, 11) is 0. The van der Waals surface area contributed by atoms with Gasteiger partial charge >= 0.3 is 5.97 Å². The van der Waals surface area contributed by atoms with E-state index in [4.69, 9.17) is 5.73 Å². The maximum atomic E-state index is 11.4. The standard InChI is InChI=1S/C14H19NO2/c15-9-10-5-7-12(8-6-10)13(14(16)17)11-3-1-2-4-11/h5-8,11,13H,1-4,9,15H2,(H,16,17). The fourth-order valence-electron chi connectivity index (χ4n) is 2.77. The van der Waals surface area contributed by atoms with Crippen molar-refractivity contribution in [2.75, 3.05) is 0 Å². The molecule has 0 heterocycles. The van der Waals surface area contributed by atoms with Crippen LogP contribution in [0.15, 0.2) is 24.3 Å². The first-order chi connectivity index (χ1) is 8.22. The molecule has 3 nitrogen and oxygen atoms in total. The Morgan fingerprint density at radius 3 is 2.35 bits per heavy atom. The molecule has 0 aromatic heterocycles. The molecule has 1 aliphatic carbocycles. The number of nitrogens with two attached hydrogens (primary N) is 1. The second-order valence-corrected chi connectivity index (χ2v) is 4.81. The Kier molecular flexibility index (Phi) is 3.79. The summed E-state index contributed by atoms with van der Waals surface area (Å²) in [4.78, 5) is 11.4. The lowest BCUT2D eigenvalue weighted by Crippen LogP contribution is -2.19. The number of carboxylic acid groups (broad SMARTS) is 1. The fraction of sp³-hybridized carbons (Fsp3) is 0.500. The molecule has 1 aromatic carbocycles. The van der Waals surface area contributed by atoms with Gasteiger partial charge in [0, 0.05) is 6.54 Å². The molecule has 1 fully saturated rings. The van der Waals surface area contributed by atoms with Crippen LogP contribution < -0.4 is 5.73 Å². The normalized spacial score (nSPS) is 18.2. The Labute approximate surface area is 102 Å². The molecule has 3 N–H and O–H groups in total. The summed E-state index contributed by atoms with van der Waals surface area (Å²) < 4.78 is 0. The Morgan fingerprint density at radius 1 is 1.29 bits per heavy atom. The Balaban J connectivity index is 2.22. The molecule has 3 heteroatoms. The quantitative estimate of drug-likeness (QED) is 0.839. The van der Waals surface area contributed by atoms with Crippen LogP contribution in [0.1, 0.15) is 42.7 Å². The summed E-state index contributed by atoms with van der Waals surface area (Å²) >= 11 is 0. The highest BCUT2D eigenvalue weighted by Gasteiger charge is 2.31. The molecule has 2 rings (SSSR count). The molecule has 0 radical (unpaired) electrons. The summed E-state index contributed by atoms with van der Waals surface area (Å²) in [6, 6.07) is 7.69. The van der Waals surface area contributed by atoms with E-state index in [1.54, 1.807) is 0 Å². The average molecular weight is 233 g/mol. The van der Waals surface area contributed by atoms with Gasteiger partial charge in [-0.25, -0.2) is 0 Å². The van der Waals surface area contributed by atoms with Gasteiger partial charge in [0.1, 0.15) is 0 Å². The second kappa shape index (κ2) is 5.32. The molecular weight excluding hydrogens is 214 g/mol. The third-order valence-corrected chi connectivity index (χ3v) is 3.71. The lowest BCUT2D eigenvalue weighted by atomic mass is 9.84. The van der Waals surface area contributed by atoms with Crippen molar-refractivity contribution >= 4 is 5.97 Å². The summed E-state index contributed by atoms with van der Waals surface area (Å²) in [6.07, 6.45) is 4.40. The molecule has 0 spiro atoms. The monoisotopic (exact) mass is 233 g/mol. The van der Waals surface area contributed by atoms with Gasteiger partial charge < -0.3 is 10.8 Å². The van der Waals surface area contributed by atoms with Crippen LogP contribution in [0.5, 0.6) is 0 Å². The first kappa shape index (κ1) is 12.1. The number of carboxylic acids is 1. The van der Waals surface area contributed by atoms with E-state index in [2.05, 4.69) is 0 Å². The minimum atomic E-state index is -0.697. The number of hydrogen-bond acceptors (Lipinski definition) is 2. The molecule has 17 heavy (non-hydrogen) atoms. The maximum absolute atomic E-state index is 11.4. The largest absolute Gasteiger partial charge is 0.481 e. The van der Waals surface area contributed by atoms with E-state index in [0.717, 1.165) is 36.8 Å². The molecular formula is C14H19NO2. The lowest BCUT2D eigenvalue weighted by molar-refractivity contribution is -0.140. The van der Waals surface area contributed by atoms with E-state index in [1.165, 1.54) is 0 Å². The second-order valence-electron chi connectivity index (χ2n) is 4.81. The summed E-state index contributed by atoms with van der Waals surface area (Å²) in [6.45, 7) is 0.501. The maximum Gasteiger partial charge on any atom is 0.311 e. The molecule has 1 saturated carbocycles. The van der Waals surface area contributed by atoms with E-state index in [-0.39, 0.29) is 5.92 Å². The van der Waals surface area contributed by atoms with Crippen LogP contribution in [0.25, 0.3) is 0 Å². The first-order valence-corrected chi connectivity index (χ1v) is 6.24. The molecule has 0 bridgehead atoms. The van der Waals surface area contributed by atoms with Crippen molar-refractivity contribution in [3.05, 3.63) is 35.4 Å². The highest BCUT2D eigenvalue weighted by molar-refractivity contribution is 5.76. The van der Waals surface area contributed by atoms with Crippen LogP contribution in [-0.2, 0) is 11.3 Å². The van der Waals surface area contributed by atoms with Crippen molar-refractivity contribution in [1.29, 1.82) is 0 Å². The predicted octanol–water partition coefficient (Wildman–Crippen LogP) is 2.50. The van der Waals surface area contributed by atoms with Gasteiger partial charge in [0.15, 0.2) is 0 Å². The van der Waals surface area contributed by atoms with Crippen molar-refractivity contribution in [3.63, 3.8) is 0 Å². The Bertz CT molecular complexity index is 380. The van der Waals surface area contributed by atoms with E-state index in [0.29, 0.717) is 12.5 Å². The minimum absolute atomic E-state index is 0.302. The molecule has 1 atom stereocenters. The van der Waals surface area contributed by atoms with Crippen LogP contribution >= 0.6 is 0 Å². The van der Waals surface area contributed by atoms with Gasteiger partial charge in [0.05, 0.1) is 5.92 Å². The number of benzene rings is 1.